The Kier molecular flexibility index (Phi) is 4.80. The summed E-state index contributed by atoms with van der Waals surface area (Å²) in [6.07, 6.45) is 3.52. The Morgan fingerprint density at radius 3 is 2.11 bits per heavy atom. The van der Waals surface area contributed by atoms with Crippen LogP contribution < -0.4 is 4.74 Å². The number of halogens is 1. The molecule has 0 unspecified atom stereocenters. The molecule has 0 N–H and O–H groups in total. The maximum atomic E-state index is 6.11. The highest BCUT2D eigenvalue weighted by molar-refractivity contribution is 9.10. The van der Waals surface area contributed by atoms with Gasteiger partial charge in [-0.25, -0.2) is 0 Å². The summed E-state index contributed by atoms with van der Waals surface area (Å²) >= 11 is 3.82. The van der Waals surface area contributed by atoms with Gasteiger partial charge in [0.2, 0.25) is 0 Å². The van der Waals surface area contributed by atoms with Gasteiger partial charge in [-0.2, -0.15) is 0 Å². The fourth-order valence-electron chi connectivity index (χ4n) is 3.91. The van der Waals surface area contributed by atoms with E-state index in [1.165, 1.54) is 50.7 Å². The van der Waals surface area contributed by atoms with Crippen molar-refractivity contribution in [3.05, 3.63) is 52.5 Å². The summed E-state index contributed by atoms with van der Waals surface area (Å²) in [5.74, 6) is 0.951. The highest BCUT2D eigenvalue weighted by atomic mass is 79.9. The maximum absolute atomic E-state index is 6.11. The molecule has 140 valence electrons. The number of unbranched alkanes of at least 4 members (excludes halogenated alkanes) is 2. The fourth-order valence-corrected chi connectivity index (χ4v) is 4.47. The van der Waals surface area contributed by atoms with Crippen molar-refractivity contribution in [2.75, 3.05) is 6.61 Å². The van der Waals surface area contributed by atoms with E-state index in [1.54, 1.807) is 0 Å². The molecular formula is C25H27BrO. The SMILES string of the molecule is CCCCCOc1cc2ccc3cc(C(C)(C)C)cc4ccc(c1Br)c2c34. The van der Waals surface area contributed by atoms with E-state index < -0.39 is 0 Å². The van der Waals surface area contributed by atoms with Crippen molar-refractivity contribution in [1.29, 1.82) is 0 Å². The zero-order valence-corrected chi connectivity index (χ0v) is 18.2. The molecule has 4 aromatic rings. The van der Waals surface area contributed by atoms with Crippen LogP contribution in [0.5, 0.6) is 5.75 Å². The summed E-state index contributed by atoms with van der Waals surface area (Å²) < 4.78 is 7.18. The van der Waals surface area contributed by atoms with E-state index in [1.807, 2.05) is 0 Å². The minimum Gasteiger partial charge on any atom is -0.492 e. The number of hydrogen-bond donors (Lipinski definition) is 0. The lowest BCUT2D eigenvalue weighted by Gasteiger charge is -2.22. The van der Waals surface area contributed by atoms with Crippen molar-refractivity contribution in [2.24, 2.45) is 0 Å². The van der Waals surface area contributed by atoms with E-state index in [9.17, 15) is 0 Å². The van der Waals surface area contributed by atoms with E-state index >= 15 is 0 Å². The minimum absolute atomic E-state index is 0.143. The highest BCUT2D eigenvalue weighted by Crippen LogP contribution is 2.43. The zero-order chi connectivity index (χ0) is 19.2. The normalized spacial score (nSPS) is 12.5. The topological polar surface area (TPSA) is 9.23 Å². The predicted octanol–water partition coefficient (Wildman–Crippen LogP) is 8.21. The standard InChI is InChI=1S/C25H27BrO/c1-5-6-7-12-27-21-15-18-9-8-16-13-19(25(2,3)4)14-17-10-11-20(24(21)26)23(18)22(16)17/h8-11,13-15H,5-7,12H2,1-4H3. The Balaban J connectivity index is 1.90. The van der Waals surface area contributed by atoms with E-state index in [4.69, 9.17) is 4.74 Å². The molecule has 0 amide bonds. The van der Waals surface area contributed by atoms with Crippen LogP contribution in [0.2, 0.25) is 0 Å². The Morgan fingerprint density at radius 2 is 1.48 bits per heavy atom. The van der Waals surface area contributed by atoms with Crippen LogP contribution in [-0.2, 0) is 5.41 Å². The van der Waals surface area contributed by atoms with Crippen molar-refractivity contribution in [3.63, 3.8) is 0 Å². The van der Waals surface area contributed by atoms with Crippen molar-refractivity contribution in [3.8, 4) is 5.75 Å². The highest BCUT2D eigenvalue weighted by Gasteiger charge is 2.18. The molecule has 0 saturated carbocycles. The first kappa shape index (κ1) is 18.6. The second kappa shape index (κ2) is 6.98. The van der Waals surface area contributed by atoms with Gasteiger partial charge in [-0.1, -0.05) is 76.9 Å². The maximum Gasteiger partial charge on any atom is 0.134 e. The third kappa shape index (κ3) is 3.29. The van der Waals surface area contributed by atoms with Gasteiger partial charge < -0.3 is 4.74 Å². The average molecular weight is 423 g/mol. The first-order chi connectivity index (χ1) is 12.9. The fraction of sp³-hybridized carbons (Fsp3) is 0.360. The van der Waals surface area contributed by atoms with Gasteiger partial charge in [-0.3, -0.25) is 0 Å². The number of hydrogen-bond acceptors (Lipinski definition) is 1. The summed E-state index contributed by atoms with van der Waals surface area (Å²) in [6, 6.07) is 15.9. The van der Waals surface area contributed by atoms with E-state index in [-0.39, 0.29) is 5.41 Å². The third-order valence-corrected chi connectivity index (χ3v) is 6.31. The average Bonchev–Trinajstić information content (AvgIpc) is 2.64. The van der Waals surface area contributed by atoms with Gasteiger partial charge in [-0.05, 0) is 66.3 Å². The number of benzene rings is 4. The molecule has 0 aliphatic carbocycles. The largest absolute Gasteiger partial charge is 0.492 e. The van der Waals surface area contributed by atoms with E-state index in [0.717, 1.165) is 23.2 Å². The van der Waals surface area contributed by atoms with Crippen LogP contribution in [0.4, 0.5) is 0 Å². The molecule has 27 heavy (non-hydrogen) atoms. The molecule has 0 heterocycles. The van der Waals surface area contributed by atoms with Gasteiger partial charge >= 0.3 is 0 Å². The molecule has 0 aliphatic rings. The van der Waals surface area contributed by atoms with Gasteiger partial charge in [-0.15, -0.1) is 0 Å². The Bertz CT molecular complexity index is 1090. The molecule has 4 rings (SSSR count). The van der Waals surface area contributed by atoms with Crippen LogP contribution in [0.3, 0.4) is 0 Å². The van der Waals surface area contributed by atoms with Crippen LogP contribution in [0, 0.1) is 0 Å². The van der Waals surface area contributed by atoms with Crippen molar-refractivity contribution in [2.45, 2.75) is 52.4 Å². The number of ether oxygens (including phenoxy) is 1. The monoisotopic (exact) mass is 422 g/mol. The minimum atomic E-state index is 0.143. The first-order valence-corrected chi connectivity index (χ1v) is 10.7. The molecule has 0 fully saturated rings. The van der Waals surface area contributed by atoms with Gasteiger partial charge in [0.15, 0.2) is 0 Å². The molecule has 0 spiro atoms. The van der Waals surface area contributed by atoms with Crippen LogP contribution in [0.25, 0.3) is 32.3 Å². The lowest BCUT2D eigenvalue weighted by atomic mass is 9.83. The molecule has 0 saturated heterocycles. The summed E-state index contributed by atoms with van der Waals surface area (Å²) in [5, 5.41) is 7.81. The van der Waals surface area contributed by atoms with Crippen LogP contribution in [-0.4, -0.2) is 6.61 Å². The van der Waals surface area contributed by atoms with Crippen molar-refractivity contribution < 1.29 is 4.74 Å². The molecule has 1 nitrogen and oxygen atoms in total. The third-order valence-electron chi connectivity index (χ3n) is 5.49. The Labute approximate surface area is 170 Å². The Morgan fingerprint density at radius 1 is 0.852 bits per heavy atom. The quantitative estimate of drug-likeness (QED) is 0.232. The van der Waals surface area contributed by atoms with Crippen molar-refractivity contribution >= 4 is 48.2 Å². The molecule has 0 atom stereocenters. The Hall–Kier alpha value is -1.80. The zero-order valence-electron chi connectivity index (χ0n) is 16.7. The smallest absolute Gasteiger partial charge is 0.134 e. The lowest BCUT2D eigenvalue weighted by Crippen LogP contribution is -2.10. The van der Waals surface area contributed by atoms with Crippen LogP contribution in [0.15, 0.2) is 46.9 Å². The van der Waals surface area contributed by atoms with Crippen LogP contribution >= 0.6 is 15.9 Å². The molecular weight excluding hydrogens is 396 g/mol. The molecule has 0 radical (unpaired) electrons. The lowest BCUT2D eigenvalue weighted by molar-refractivity contribution is 0.305. The molecule has 4 aromatic carbocycles. The molecule has 0 aliphatic heterocycles. The van der Waals surface area contributed by atoms with Gasteiger partial charge in [0.1, 0.15) is 5.75 Å². The second-order valence-electron chi connectivity index (χ2n) is 8.57. The van der Waals surface area contributed by atoms with Crippen LogP contribution in [0.1, 0.15) is 52.5 Å². The number of rotatable bonds is 5. The predicted molar refractivity (Wildman–Crippen MR) is 122 cm³/mol. The van der Waals surface area contributed by atoms with Gasteiger partial charge in [0, 0.05) is 5.39 Å². The summed E-state index contributed by atoms with van der Waals surface area (Å²) in [6.45, 7) is 9.82. The molecule has 0 bridgehead atoms. The van der Waals surface area contributed by atoms with E-state index in [0.29, 0.717) is 0 Å². The van der Waals surface area contributed by atoms with Crippen molar-refractivity contribution in [1.82, 2.24) is 0 Å². The molecule has 0 aromatic heterocycles. The van der Waals surface area contributed by atoms with Gasteiger partial charge in [0.05, 0.1) is 11.1 Å². The summed E-state index contributed by atoms with van der Waals surface area (Å²) in [7, 11) is 0. The first-order valence-electron chi connectivity index (χ1n) is 9.94. The summed E-state index contributed by atoms with van der Waals surface area (Å²) in [4.78, 5) is 0. The summed E-state index contributed by atoms with van der Waals surface area (Å²) in [5.41, 5.74) is 1.53. The second-order valence-corrected chi connectivity index (χ2v) is 9.36. The van der Waals surface area contributed by atoms with E-state index in [2.05, 4.69) is 86.1 Å². The van der Waals surface area contributed by atoms with Gasteiger partial charge in [0.25, 0.3) is 0 Å². The molecule has 2 heteroatoms.